The van der Waals surface area contributed by atoms with Crippen LogP contribution in [0.2, 0.25) is 0 Å². The molecule has 1 saturated heterocycles. The molecule has 6 nitrogen and oxygen atoms in total. The Bertz CT molecular complexity index is 796. The van der Waals surface area contributed by atoms with Crippen LogP contribution in [0.1, 0.15) is 16.9 Å². The van der Waals surface area contributed by atoms with E-state index in [2.05, 4.69) is 20.2 Å². The van der Waals surface area contributed by atoms with Crippen molar-refractivity contribution in [2.45, 2.75) is 12.6 Å². The van der Waals surface area contributed by atoms with E-state index >= 15 is 0 Å². The predicted octanol–water partition coefficient (Wildman–Crippen LogP) is 3.25. The van der Waals surface area contributed by atoms with Crippen LogP contribution >= 0.6 is 11.3 Å². The molecule has 0 saturated carbocycles. The molecule has 25 heavy (non-hydrogen) atoms. The summed E-state index contributed by atoms with van der Waals surface area (Å²) in [6, 6.07) is 11.9. The first-order chi connectivity index (χ1) is 12.4. The second-order valence-corrected chi connectivity index (χ2v) is 6.76. The van der Waals surface area contributed by atoms with E-state index in [9.17, 15) is 0 Å². The van der Waals surface area contributed by atoms with E-state index in [0.29, 0.717) is 6.61 Å². The Morgan fingerprint density at radius 2 is 2.08 bits per heavy atom. The van der Waals surface area contributed by atoms with Gasteiger partial charge < -0.3 is 10.1 Å². The molecule has 3 aromatic rings. The summed E-state index contributed by atoms with van der Waals surface area (Å²) in [6.45, 7) is 2.97. The maximum Gasteiger partial charge on any atom is 0.150 e. The lowest BCUT2D eigenvalue weighted by Gasteiger charge is -2.33. The van der Waals surface area contributed by atoms with E-state index in [4.69, 9.17) is 9.72 Å². The summed E-state index contributed by atoms with van der Waals surface area (Å²) in [5.41, 5.74) is 1.01. The minimum Gasteiger partial charge on any atom is -0.378 e. The van der Waals surface area contributed by atoms with Crippen LogP contribution in [0.3, 0.4) is 0 Å². The summed E-state index contributed by atoms with van der Waals surface area (Å²) in [7, 11) is 0. The van der Waals surface area contributed by atoms with Crippen molar-refractivity contribution in [2.24, 2.45) is 0 Å². The van der Waals surface area contributed by atoms with Gasteiger partial charge in [-0.1, -0.05) is 18.2 Å². The Kier molecular flexibility index (Phi) is 4.96. The van der Waals surface area contributed by atoms with Gasteiger partial charge >= 0.3 is 0 Å². The van der Waals surface area contributed by atoms with Crippen LogP contribution in [0, 0.1) is 0 Å². The van der Waals surface area contributed by atoms with Gasteiger partial charge in [-0.3, -0.25) is 4.90 Å². The molecule has 0 amide bonds. The highest BCUT2D eigenvalue weighted by atomic mass is 32.1. The first kappa shape index (κ1) is 16.1. The number of hydrogen-bond donors (Lipinski definition) is 1. The maximum atomic E-state index is 5.69. The summed E-state index contributed by atoms with van der Waals surface area (Å²) in [4.78, 5) is 15.9. The van der Waals surface area contributed by atoms with Crippen LogP contribution in [-0.4, -0.2) is 39.6 Å². The molecule has 2 aromatic heterocycles. The van der Waals surface area contributed by atoms with Crippen molar-refractivity contribution in [3.8, 4) is 0 Å². The van der Waals surface area contributed by atoms with Crippen LogP contribution < -0.4 is 5.32 Å². The van der Waals surface area contributed by atoms with Crippen LogP contribution in [0.4, 0.5) is 11.5 Å². The number of rotatable bonds is 5. The second kappa shape index (κ2) is 7.69. The van der Waals surface area contributed by atoms with E-state index in [0.717, 1.165) is 42.0 Å². The van der Waals surface area contributed by atoms with E-state index < -0.39 is 0 Å². The number of hydrogen-bond acceptors (Lipinski definition) is 7. The van der Waals surface area contributed by atoms with E-state index in [1.165, 1.54) is 0 Å². The molecule has 128 valence electrons. The number of para-hydroxylation sites is 1. The monoisotopic (exact) mass is 353 g/mol. The average Bonchev–Trinajstić information content (AvgIpc) is 3.16. The van der Waals surface area contributed by atoms with Gasteiger partial charge in [0.1, 0.15) is 16.6 Å². The molecule has 4 rings (SSSR count). The number of ether oxygens (including phenoxy) is 1. The predicted molar refractivity (Wildman–Crippen MR) is 97.8 cm³/mol. The zero-order valence-corrected chi connectivity index (χ0v) is 14.5. The molecule has 1 aliphatic heterocycles. The van der Waals surface area contributed by atoms with Crippen LogP contribution in [0.15, 0.2) is 54.2 Å². The molecule has 0 bridgehead atoms. The smallest absolute Gasteiger partial charge is 0.150 e. The molecule has 0 aliphatic carbocycles. The highest BCUT2D eigenvalue weighted by molar-refractivity contribution is 7.09. The van der Waals surface area contributed by atoms with Gasteiger partial charge in [0.05, 0.1) is 25.8 Å². The maximum absolute atomic E-state index is 5.69. The molecule has 1 atom stereocenters. The SMILES string of the molecule is c1ccc(Nc2ccnc([C@@H]3COCCN3Cc3nccs3)n2)cc1. The fourth-order valence-electron chi connectivity index (χ4n) is 2.84. The number of nitrogens with zero attached hydrogens (tertiary/aromatic N) is 4. The van der Waals surface area contributed by atoms with Crippen molar-refractivity contribution in [2.75, 3.05) is 25.1 Å². The molecular formula is C18H19N5OS. The van der Waals surface area contributed by atoms with Gasteiger partial charge in [0.25, 0.3) is 0 Å². The van der Waals surface area contributed by atoms with E-state index in [-0.39, 0.29) is 6.04 Å². The van der Waals surface area contributed by atoms with E-state index in [1.54, 1.807) is 17.5 Å². The fourth-order valence-corrected chi connectivity index (χ4v) is 3.48. The van der Waals surface area contributed by atoms with Gasteiger partial charge in [-0.2, -0.15) is 0 Å². The van der Waals surface area contributed by atoms with Gasteiger partial charge in [0, 0.05) is 30.0 Å². The molecular weight excluding hydrogens is 334 g/mol. The zero-order valence-electron chi connectivity index (χ0n) is 13.7. The highest BCUT2D eigenvalue weighted by Gasteiger charge is 2.27. The zero-order chi connectivity index (χ0) is 16.9. The number of benzene rings is 1. The number of thiazole rings is 1. The molecule has 1 fully saturated rings. The lowest BCUT2D eigenvalue weighted by atomic mass is 10.2. The average molecular weight is 353 g/mol. The largest absolute Gasteiger partial charge is 0.378 e. The molecule has 0 unspecified atom stereocenters. The van der Waals surface area contributed by atoms with Crippen molar-refractivity contribution in [1.29, 1.82) is 0 Å². The standard InChI is InChI=1S/C18H19N5OS/c1-2-4-14(5-3-1)21-16-6-7-20-18(22-16)15-13-24-10-9-23(15)12-17-19-8-11-25-17/h1-8,11,15H,9-10,12-13H2,(H,20,21,22)/t15-/m0/s1. The first-order valence-corrected chi connectivity index (χ1v) is 9.11. The molecule has 3 heterocycles. The first-order valence-electron chi connectivity index (χ1n) is 8.24. The lowest BCUT2D eigenvalue weighted by molar-refractivity contribution is -0.0159. The Labute approximate surface area is 150 Å². The van der Waals surface area contributed by atoms with Crippen molar-refractivity contribution in [3.05, 3.63) is 65.0 Å². The van der Waals surface area contributed by atoms with Crippen molar-refractivity contribution >= 4 is 22.8 Å². The normalized spacial score (nSPS) is 18.2. The molecule has 1 N–H and O–H groups in total. The molecule has 1 aromatic carbocycles. The van der Waals surface area contributed by atoms with Crippen LogP contribution in [0.25, 0.3) is 0 Å². The highest BCUT2D eigenvalue weighted by Crippen LogP contribution is 2.25. The molecule has 1 aliphatic rings. The quantitative estimate of drug-likeness (QED) is 0.760. The van der Waals surface area contributed by atoms with Gasteiger partial charge in [-0.05, 0) is 18.2 Å². The van der Waals surface area contributed by atoms with Gasteiger partial charge in [-0.25, -0.2) is 15.0 Å². The summed E-state index contributed by atoms with van der Waals surface area (Å²) in [5.74, 6) is 1.56. The van der Waals surface area contributed by atoms with Crippen molar-refractivity contribution in [3.63, 3.8) is 0 Å². The fraction of sp³-hybridized carbons (Fsp3) is 0.278. The van der Waals surface area contributed by atoms with Crippen molar-refractivity contribution in [1.82, 2.24) is 19.9 Å². The Morgan fingerprint density at radius 1 is 1.16 bits per heavy atom. The third kappa shape index (κ3) is 4.01. The number of nitrogens with one attached hydrogen (secondary N) is 1. The minimum absolute atomic E-state index is 0.0372. The number of aromatic nitrogens is 3. The topological polar surface area (TPSA) is 63.2 Å². The molecule has 0 spiro atoms. The third-order valence-electron chi connectivity index (χ3n) is 4.08. The van der Waals surface area contributed by atoms with Crippen molar-refractivity contribution < 1.29 is 4.74 Å². The van der Waals surface area contributed by atoms with Gasteiger partial charge in [0.2, 0.25) is 0 Å². The Balaban J connectivity index is 1.53. The minimum atomic E-state index is 0.0372. The van der Waals surface area contributed by atoms with Gasteiger partial charge in [0.15, 0.2) is 0 Å². The Morgan fingerprint density at radius 3 is 2.92 bits per heavy atom. The Hall–Kier alpha value is -2.35. The van der Waals surface area contributed by atoms with E-state index in [1.807, 2.05) is 48.0 Å². The summed E-state index contributed by atoms with van der Waals surface area (Å²) >= 11 is 1.67. The summed E-state index contributed by atoms with van der Waals surface area (Å²) in [5, 5.41) is 6.43. The number of anilines is 2. The summed E-state index contributed by atoms with van der Waals surface area (Å²) in [6.07, 6.45) is 3.64. The van der Waals surface area contributed by atoms with Gasteiger partial charge in [-0.15, -0.1) is 11.3 Å². The molecule has 0 radical (unpaired) electrons. The lowest BCUT2D eigenvalue weighted by Crippen LogP contribution is -2.39. The van der Waals surface area contributed by atoms with Crippen LogP contribution in [-0.2, 0) is 11.3 Å². The molecule has 7 heteroatoms. The number of morpholine rings is 1. The second-order valence-electron chi connectivity index (χ2n) is 5.78. The third-order valence-corrected chi connectivity index (χ3v) is 4.84. The summed E-state index contributed by atoms with van der Waals surface area (Å²) < 4.78 is 5.69. The van der Waals surface area contributed by atoms with Crippen LogP contribution in [0.5, 0.6) is 0 Å².